The summed E-state index contributed by atoms with van der Waals surface area (Å²) in [5, 5.41) is 0. The Bertz CT molecular complexity index is 395. The van der Waals surface area contributed by atoms with Crippen molar-refractivity contribution in [2.24, 2.45) is 5.92 Å². The van der Waals surface area contributed by atoms with Gasteiger partial charge in [-0.2, -0.15) is 0 Å². The Balaban J connectivity index is 2.28. The molecule has 0 N–H and O–H groups in total. The molecule has 0 spiro atoms. The molecule has 1 atom stereocenters. The van der Waals surface area contributed by atoms with E-state index in [4.69, 9.17) is 4.74 Å². The Morgan fingerprint density at radius 3 is 2.60 bits per heavy atom. The molecule has 0 amide bonds. The van der Waals surface area contributed by atoms with Crippen LogP contribution in [-0.4, -0.2) is 26.2 Å². The number of carbonyl (C=O) groups excluding carboxylic acids is 2. The molecule has 112 valence electrons. The van der Waals surface area contributed by atoms with E-state index >= 15 is 0 Å². The summed E-state index contributed by atoms with van der Waals surface area (Å²) in [6.45, 7) is 4.06. The minimum atomic E-state index is -0.171. The standard InChI is InChI=1S/C16H24O4/c1-12(5-4-6-15(17)19-2)11-13-7-9-14(10-8-13)16(18)20-3/h7,14H,1,4-6,8-11H2,2-3H3. The van der Waals surface area contributed by atoms with Crippen LogP contribution in [0.25, 0.3) is 0 Å². The average molecular weight is 280 g/mol. The first kappa shape index (κ1) is 16.5. The Hall–Kier alpha value is -1.58. The summed E-state index contributed by atoms with van der Waals surface area (Å²) in [5.41, 5.74) is 2.48. The third-order valence-electron chi connectivity index (χ3n) is 3.66. The summed E-state index contributed by atoms with van der Waals surface area (Å²) >= 11 is 0. The lowest BCUT2D eigenvalue weighted by molar-refractivity contribution is -0.145. The van der Waals surface area contributed by atoms with Crippen LogP contribution >= 0.6 is 0 Å². The summed E-state index contributed by atoms with van der Waals surface area (Å²) in [6, 6.07) is 0. The van der Waals surface area contributed by atoms with E-state index < -0.39 is 0 Å². The number of carbonyl (C=O) groups is 2. The summed E-state index contributed by atoms with van der Waals surface area (Å²) < 4.78 is 9.37. The van der Waals surface area contributed by atoms with Crippen LogP contribution in [0.2, 0.25) is 0 Å². The zero-order valence-corrected chi connectivity index (χ0v) is 12.4. The molecule has 0 aliphatic heterocycles. The molecule has 4 heteroatoms. The number of ether oxygens (including phenoxy) is 2. The summed E-state index contributed by atoms with van der Waals surface area (Å²) in [7, 11) is 2.84. The van der Waals surface area contributed by atoms with E-state index in [1.807, 2.05) is 0 Å². The summed E-state index contributed by atoms with van der Waals surface area (Å²) in [4.78, 5) is 22.4. The van der Waals surface area contributed by atoms with Gasteiger partial charge < -0.3 is 9.47 Å². The first-order valence-corrected chi connectivity index (χ1v) is 7.06. The second-order valence-corrected chi connectivity index (χ2v) is 5.21. The molecule has 20 heavy (non-hydrogen) atoms. The molecule has 1 rings (SSSR count). The maximum absolute atomic E-state index is 11.4. The van der Waals surface area contributed by atoms with Crippen LogP contribution in [0.15, 0.2) is 23.8 Å². The third kappa shape index (κ3) is 5.59. The molecule has 0 aromatic carbocycles. The van der Waals surface area contributed by atoms with Gasteiger partial charge in [-0.05, 0) is 38.5 Å². The van der Waals surface area contributed by atoms with Crippen molar-refractivity contribution in [3.63, 3.8) is 0 Å². The average Bonchev–Trinajstić information content (AvgIpc) is 2.47. The van der Waals surface area contributed by atoms with Gasteiger partial charge in [-0.25, -0.2) is 0 Å². The predicted molar refractivity (Wildman–Crippen MR) is 77.1 cm³/mol. The predicted octanol–water partition coefficient (Wildman–Crippen LogP) is 3.18. The van der Waals surface area contributed by atoms with E-state index in [0.29, 0.717) is 6.42 Å². The SMILES string of the molecule is C=C(CCCC(=O)OC)CC1=CCC(C(=O)OC)CC1. The molecule has 0 fully saturated rings. The van der Waals surface area contributed by atoms with Crippen LogP contribution < -0.4 is 0 Å². The molecular formula is C16H24O4. The fourth-order valence-electron chi connectivity index (χ4n) is 2.42. The Morgan fingerprint density at radius 1 is 1.30 bits per heavy atom. The lowest BCUT2D eigenvalue weighted by Gasteiger charge is -2.20. The number of allylic oxidation sites excluding steroid dienone is 3. The van der Waals surface area contributed by atoms with Crippen molar-refractivity contribution in [2.45, 2.75) is 44.9 Å². The van der Waals surface area contributed by atoms with Crippen molar-refractivity contribution in [3.8, 4) is 0 Å². The summed E-state index contributed by atoms with van der Waals surface area (Å²) in [6.07, 6.45) is 7.61. The molecule has 1 aliphatic carbocycles. The van der Waals surface area contributed by atoms with Gasteiger partial charge >= 0.3 is 11.9 Å². The van der Waals surface area contributed by atoms with Crippen LogP contribution in [0.5, 0.6) is 0 Å². The highest BCUT2D eigenvalue weighted by Crippen LogP contribution is 2.28. The molecule has 1 aliphatic rings. The molecule has 0 saturated heterocycles. The van der Waals surface area contributed by atoms with Gasteiger partial charge in [0, 0.05) is 6.42 Å². The number of rotatable bonds is 7. The monoisotopic (exact) mass is 280 g/mol. The number of hydrogen-bond acceptors (Lipinski definition) is 4. The lowest BCUT2D eigenvalue weighted by atomic mass is 9.86. The number of esters is 2. The smallest absolute Gasteiger partial charge is 0.308 e. The highest BCUT2D eigenvalue weighted by Gasteiger charge is 2.22. The maximum Gasteiger partial charge on any atom is 0.308 e. The van der Waals surface area contributed by atoms with Crippen LogP contribution in [0, 0.1) is 5.92 Å². The largest absolute Gasteiger partial charge is 0.469 e. The van der Waals surface area contributed by atoms with Crippen LogP contribution in [0.3, 0.4) is 0 Å². The van der Waals surface area contributed by atoms with Gasteiger partial charge in [-0.3, -0.25) is 9.59 Å². The Morgan fingerprint density at radius 2 is 2.05 bits per heavy atom. The topological polar surface area (TPSA) is 52.6 Å². The molecule has 4 nitrogen and oxygen atoms in total. The Labute approximate surface area is 120 Å². The van der Waals surface area contributed by atoms with Gasteiger partial charge in [0.15, 0.2) is 0 Å². The van der Waals surface area contributed by atoms with Gasteiger partial charge in [0.05, 0.1) is 20.1 Å². The summed E-state index contributed by atoms with van der Waals surface area (Å²) in [5.74, 6) is -0.274. The normalized spacial score (nSPS) is 18.1. The van der Waals surface area contributed by atoms with Gasteiger partial charge in [0.25, 0.3) is 0 Å². The molecule has 0 saturated carbocycles. The van der Waals surface area contributed by atoms with Crippen LogP contribution in [-0.2, 0) is 19.1 Å². The molecule has 0 radical (unpaired) electrons. The number of hydrogen-bond donors (Lipinski definition) is 0. The zero-order valence-electron chi connectivity index (χ0n) is 12.4. The second-order valence-electron chi connectivity index (χ2n) is 5.21. The molecule has 0 aromatic heterocycles. The van der Waals surface area contributed by atoms with Gasteiger partial charge in [-0.15, -0.1) is 0 Å². The molecular weight excluding hydrogens is 256 g/mol. The second kappa shape index (κ2) is 8.56. The fraction of sp³-hybridized carbons (Fsp3) is 0.625. The van der Waals surface area contributed by atoms with Gasteiger partial charge in [0.1, 0.15) is 0 Å². The van der Waals surface area contributed by atoms with Crippen molar-refractivity contribution >= 4 is 11.9 Å². The van der Waals surface area contributed by atoms with E-state index in [1.54, 1.807) is 0 Å². The van der Waals surface area contributed by atoms with Crippen molar-refractivity contribution in [1.29, 1.82) is 0 Å². The van der Waals surface area contributed by atoms with Crippen molar-refractivity contribution in [2.75, 3.05) is 14.2 Å². The van der Waals surface area contributed by atoms with Crippen LogP contribution in [0.4, 0.5) is 0 Å². The molecule has 0 aromatic rings. The molecule has 0 heterocycles. The molecule has 0 bridgehead atoms. The fourth-order valence-corrected chi connectivity index (χ4v) is 2.42. The molecule has 1 unspecified atom stereocenters. The highest BCUT2D eigenvalue weighted by atomic mass is 16.5. The van der Waals surface area contributed by atoms with Gasteiger partial charge in [0.2, 0.25) is 0 Å². The van der Waals surface area contributed by atoms with Gasteiger partial charge in [-0.1, -0.05) is 23.8 Å². The maximum atomic E-state index is 11.4. The van der Waals surface area contributed by atoms with E-state index in [-0.39, 0.29) is 17.9 Å². The first-order chi connectivity index (χ1) is 9.56. The highest BCUT2D eigenvalue weighted by molar-refractivity contribution is 5.72. The lowest BCUT2D eigenvalue weighted by Crippen LogP contribution is -2.18. The zero-order chi connectivity index (χ0) is 15.0. The minimum absolute atomic E-state index is 0.0105. The van der Waals surface area contributed by atoms with E-state index in [1.165, 1.54) is 19.8 Å². The third-order valence-corrected chi connectivity index (χ3v) is 3.66. The Kier molecular flexibility index (Phi) is 7.05. The van der Waals surface area contributed by atoms with E-state index in [0.717, 1.165) is 44.1 Å². The van der Waals surface area contributed by atoms with Crippen molar-refractivity contribution in [1.82, 2.24) is 0 Å². The minimum Gasteiger partial charge on any atom is -0.469 e. The van der Waals surface area contributed by atoms with E-state index in [2.05, 4.69) is 17.4 Å². The number of methoxy groups -OCH3 is 2. The first-order valence-electron chi connectivity index (χ1n) is 7.06. The van der Waals surface area contributed by atoms with Crippen molar-refractivity contribution in [3.05, 3.63) is 23.8 Å². The van der Waals surface area contributed by atoms with Crippen LogP contribution in [0.1, 0.15) is 44.9 Å². The quantitative estimate of drug-likeness (QED) is 0.531. The van der Waals surface area contributed by atoms with E-state index in [9.17, 15) is 9.59 Å². The van der Waals surface area contributed by atoms with Crippen molar-refractivity contribution < 1.29 is 19.1 Å².